The first-order chi connectivity index (χ1) is 13.3. The largest absolute Gasteiger partial charge is 0.486 e. The molecule has 8 heteroatoms. The molecule has 148 valence electrons. The van der Waals surface area contributed by atoms with Crippen LogP contribution < -0.4 is 19.1 Å². The van der Waals surface area contributed by atoms with Crippen LogP contribution in [0, 0.1) is 0 Å². The molecule has 1 amide bonds. The number of ether oxygens (including phenoxy) is 2. The molecule has 0 saturated heterocycles. The second-order valence-corrected chi connectivity index (χ2v) is 8.80. The minimum Gasteiger partial charge on any atom is -0.486 e. The number of nitrogens with one attached hydrogen (secondary N) is 1. The Morgan fingerprint density at radius 1 is 1.14 bits per heavy atom. The van der Waals surface area contributed by atoms with Gasteiger partial charge in [-0.1, -0.05) is 6.07 Å². The molecule has 4 rings (SSSR count). The zero-order valence-electron chi connectivity index (χ0n) is 15.8. The maximum atomic E-state index is 12.7. The predicted molar refractivity (Wildman–Crippen MR) is 104 cm³/mol. The lowest BCUT2D eigenvalue weighted by Crippen LogP contribution is -2.33. The topological polar surface area (TPSA) is 84.9 Å². The van der Waals surface area contributed by atoms with Gasteiger partial charge in [-0.05, 0) is 54.8 Å². The van der Waals surface area contributed by atoms with Crippen molar-refractivity contribution < 1.29 is 22.7 Å². The van der Waals surface area contributed by atoms with Crippen molar-refractivity contribution in [3.05, 3.63) is 47.5 Å². The van der Waals surface area contributed by atoms with Crippen molar-refractivity contribution in [2.24, 2.45) is 0 Å². The highest BCUT2D eigenvalue weighted by molar-refractivity contribution is 7.89. The van der Waals surface area contributed by atoms with E-state index in [9.17, 15) is 13.2 Å². The number of carbonyl (C=O) groups excluding carboxylic acids is 1. The number of nitrogens with zero attached hydrogens (tertiary/aromatic N) is 1. The van der Waals surface area contributed by atoms with Crippen LogP contribution in [-0.2, 0) is 27.8 Å². The Morgan fingerprint density at radius 2 is 1.89 bits per heavy atom. The molecule has 2 aromatic carbocycles. The molecule has 2 heterocycles. The third kappa shape index (κ3) is 3.45. The van der Waals surface area contributed by atoms with E-state index < -0.39 is 10.0 Å². The fraction of sp³-hybridized carbons (Fsp3) is 0.350. The Kier molecular flexibility index (Phi) is 4.76. The average Bonchev–Trinajstić information content (AvgIpc) is 3.01. The molecule has 0 saturated carbocycles. The molecule has 1 N–H and O–H groups in total. The van der Waals surface area contributed by atoms with Crippen LogP contribution in [0.15, 0.2) is 41.3 Å². The van der Waals surface area contributed by atoms with E-state index in [0.717, 1.165) is 16.8 Å². The van der Waals surface area contributed by atoms with Gasteiger partial charge in [0.15, 0.2) is 11.5 Å². The third-order valence-corrected chi connectivity index (χ3v) is 6.39. The summed E-state index contributed by atoms with van der Waals surface area (Å²) in [5.41, 5.74) is 2.43. The number of carbonyl (C=O) groups is 1. The summed E-state index contributed by atoms with van der Waals surface area (Å²) in [5, 5.41) is 0. The fourth-order valence-electron chi connectivity index (χ4n) is 3.71. The molecule has 28 heavy (non-hydrogen) atoms. The molecule has 2 aromatic rings. The number of anilines is 1. The monoisotopic (exact) mass is 402 g/mol. The lowest BCUT2D eigenvalue weighted by atomic mass is 10.1. The second kappa shape index (κ2) is 7.10. The van der Waals surface area contributed by atoms with E-state index in [1.807, 2.05) is 13.0 Å². The van der Waals surface area contributed by atoms with E-state index in [4.69, 9.17) is 9.47 Å². The Bertz CT molecular complexity index is 1030. The summed E-state index contributed by atoms with van der Waals surface area (Å²) in [4.78, 5) is 13.7. The molecule has 0 spiro atoms. The van der Waals surface area contributed by atoms with Gasteiger partial charge in [0.05, 0.1) is 4.90 Å². The fourth-order valence-corrected chi connectivity index (χ4v) is 4.78. The minimum atomic E-state index is -3.68. The van der Waals surface area contributed by atoms with Crippen LogP contribution in [0.25, 0.3) is 0 Å². The standard InChI is InChI=1S/C20H22N2O5S/c1-13-9-16-11-17(4-5-18(16)22(13)14(2)23)28(24,25)21-12-15-3-6-19-20(10-15)27-8-7-26-19/h3-6,10-11,13,21H,7-9,12H2,1-2H3. The quantitative estimate of drug-likeness (QED) is 0.848. The second-order valence-electron chi connectivity index (χ2n) is 7.04. The Morgan fingerprint density at radius 3 is 2.64 bits per heavy atom. The van der Waals surface area contributed by atoms with Crippen molar-refractivity contribution in [2.75, 3.05) is 18.1 Å². The highest BCUT2D eigenvalue weighted by Gasteiger charge is 2.30. The molecule has 0 aromatic heterocycles. The maximum absolute atomic E-state index is 12.7. The van der Waals surface area contributed by atoms with Gasteiger partial charge in [-0.2, -0.15) is 0 Å². The van der Waals surface area contributed by atoms with Gasteiger partial charge < -0.3 is 14.4 Å². The minimum absolute atomic E-state index is 0.0242. The Balaban J connectivity index is 1.52. The van der Waals surface area contributed by atoms with Crippen LogP contribution in [0.3, 0.4) is 0 Å². The number of hydrogen-bond acceptors (Lipinski definition) is 5. The molecule has 0 bridgehead atoms. The smallest absolute Gasteiger partial charge is 0.240 e. The first kappa shape index (κ1) is 18.8. The van der Waals surface area contributed by atoms with Gasteiger partial charge in [-0.3, -0.25) is 4.79 Å². The van der Waals surface area contributed by atoms with Gasteiger partial charge in [0, 0.05) is 25.2 Å². The van der Waals surface area contributed by atoms with Gasteiger partial charge in [0.2, 0.25) is 15.9 Å². The molecule has 2 aliphatic rings. The van der Waals surface area contributed by atoms with Crippen molar-refractivity contribution in [1.82, 2.24) is 4.72 Å². The number of benzene rings is 2. The molecule has 2 aliphatic heterocycles. The normalized spacial score (nSPS) is 18.1. The first-order valence-electron chi connectivity index (χ1n) is 9.16. The van der Waals surface area contributed by atoms with E-state index in [2.05, 4.69) is 4.72 Å². The molecule has 1 atom stereocenters. The summed E-state index contributed by atoms with van der Waals surface area (Å²) in [7, 11) is -3.68. The van der Waals surface area contributed by atoms with E-state index in [1.54, 1.807) is 35.2 Å². The van der Waals surface area contributed by atoms with E-state index in [0.29, 0.717) is 31.1 Å². The molecule has 0 aliphatic carbocycles. The summed E-state index contributed by atoms with van der Waals surface area (Å²) < 4.78 is 39.1. The van der Waals surface area contributed by atoms with E-state index in [1.165, 1.54) is 6.92 Å². The summed E-state index contributed by atoms with van der Waals surface area (Å²) >= 11 is 0. The average molecular weight is 402 g/mol. The first-order valence-corrected chi connectivity index (χ1v) is 10.6. The number of amides is 1. The molecule has 7 nitrogen and oxygen atoms in total. The zero-order valence-corrected chi connectivity index (χ0v) is 16.6. The van der Waals surface area contributed by atoms with Crippen LogP contribution in [0.4, 0.5) is 5.69 Å². The van der Waals surface area contributed by atoms with Gasteiger partial charge in [0.25, 0.3) is 0 Å². The molecule has 1 unspecified atom stereocenters. The predicted octanol–water partition coefficient (Wildman–Crippen LogP) is 2.23. The van der Waals surface area contributed by atoms with Crippen molar-refractivity contribution in [1.29, 1.82) is 0 Å². The molecule has 0 fully saturated rings. The van der Waals surface area contributed by atoms with Gasteiger partial charge in [-0.15, -0.1) is 0 Å². The number of hydrogen-bond donors (Lipinski definition) is 1. The molecule has 0 radical (unpaired) electrons. The highest BCUT2D eigenvalue weighted by Crippen LogP contribution is 2.34. The number of rotatable bonds is 4. The van der Waals surface area contributed by atoms with Crippen molar-refractivity contribution in [2.45, 2.75) is 37.8 Å². The summed E-state index contributed by atoms with van der Waals surface area (Å²) in [5.74, 6) is 1.25. The lowest BCUT2D eigenvalue weighted by molar-refractivity contribution is -0.116. The third-order valence-electron chi connectivity index (χ3n) is 4.99. The number of fused-ring (bicyclic) bond motifs is 2. The van der Waals surface area contributed by atoms with Crippen molar-refractivity contribution in [3.63, 3.8) is 0 Å². The van der Waals surface area contributed by atoms with Crippen LogP contribution >= 0.6 is 0 Å². The number of sulfonamides is 1. The zero-order chi connectivity index (χ0) is 19.9. The van der Waals surface area contributed by atoms with E-state index in [-0.39, 0.29) is 23.4 Å². The Hall–Kier alpha value is -2.58. The van der Waals surface area contributed by atoms with E-state index >= 15 is 0 Å². The molecular weight excluding hydrogens is 380 g/mol. The SMILES string of the molecule is CC(=O)N1c2ccc(S(=O)(=O)NCc3ccc4c(c3)OCCO4)cc2CC1C. The summed E-state index contributed by atoms with van der Waals surface area (Å²) in [6, 6.07) is 10.3. The van der Waals surface area contributed by atoms with Gasteiger partial charge in [-0.25, -0.2) is 13.1 Å². The highest BCUT2D eigenvalue weighted by atomic mass is 32.2. The van der Waals surface area contributed by atoms with Gasteiger partial charge >= 0.3 is 0 Å². The van der Waals surface area contributed by atoms with Crippen LogP contribution in [0.1, 0.15) is 25.0 Å². The maximum Gasteiger partial charge on any atom is 0.240 e. The lowest BCUT2D eigenvalue weighted by Gasteiger charge is -2.20. The van der Waals surface area contributed by atoms with Crippen LogP contribution in [-0.4, -0.2) is 33.6 Å². The van der Waals surface area contributed by atoms with Gasteiger partial charge in [0.1, 0.15) is 13.2 Å². The summed E-state index contributed by atoms with van der Waals surface area (Å²) in [6.07, 6.45) is 0.639. The molecular formula is C20H22N2O5S. The van der Waals surface area contributed by atoms with Crippen LogP contribution in [0.5, 0.6) is 11.5 Å². The van der Waals surface area contributed by atoms with Crippen molar-refractivity contribution in [3.8, 4) is 11.5 Å². The Labute approximate surface area is 164 Å². The van der Waals surface area contributed by atoms with Crippen LogP contribution in [0.2, 0.25) is 0 Å². The van der Waals surface area contributed by atoms with Crippen molar-refractivity contribution >= 4 is 21.6 Å². The summed E-state index contributed by atoms with van der Waals surface area (Å²) in [6.45, 7) is 4.61.